The highest BCUT2D eigenvalue weighted by Gasteiger charge is 2.22. The normalized spacial score (nSPS) is 9.78. The summed E-state index contributed by atoms with van der Waals surface area (Å²) >= 11 is 3.37. The minimum Gasteiger partial charge on any atom is -0.493 e. The van der Waals surface area contributed by atoms with Crippen LogP contribution in [0.3, 0.4) is 0 Å². The molecule has 0 unspecified atom stereocenters. The smallest absolute Gasteiger partial charge is 0.345 e. The van der Waals surface area contributed by atoms with Gasteiger partial charge in [-0.05, 0) is 37.6 Å². The summed E-state index contributed by atoms with van der Waals surface area (Å²) in [6, 6.07) is 3.32. The van der Waals surface area contributed by atoms with Gasteiger partial charge in [-0.15, -0.1) is 0 Å². The van der Waals surface area contributed by atoms with E-state index in [1.165, 1.54) is 20.3 Å². The molecule has 7 heteroatoms. The first-order valence-corrected chi connectivity index (χ1v) is 7.75. The van der Waals surface area contributed by atoms with Crippen LogP contribution in [-0.2, 0) is 19.1 Å². The molecule has 0 fully saturated rings. The van der Waals surface area contributed by atoms with E-state index >= 15 is 0 Å². The molecule has 1 aromatic carbocycles. The predicted molar refractivity (Wildman–Crippen MR) is 88.5 cm³/mol. The zero-order chi connectivity index (χ0) is 17.4. The molecule has 0 N–H and O–H groups in total. The van der Waals surface area contributed by atoms with E-state index < -0.39 is 11.9 Å². The first-order valence-electron chi connectivity index (χ1n) is 6.95. The number of carbonyl (C=O) groups excluding carboxylic acids is 2. The van der Waals surface area contributed by atoms with Crippen molar-refractivity contribution < 1.29 is 28.5 Å². The number of hydrogen-bond acceptors (Lipinski definition) is 6. The molecule has 0 bridgehead atoms. The van der Waals surface area contributed by atoms with Crippen LogP contribution >= 0.6 is 15.9 Å². The molecule has 0 heterocycles. The van der Waals surface area contributed by atoms with E-state index in [1.807, 2.05) is 0 Å². The summed E-state index contributed by atoms with van der Waals surface area (Å²) in [6.45, 7) is 3.63. The molecule has 0 saturated carbocycles. The lowest BCUT2D eigenvalue weighted by molar-refractivity contribution is -0.146. The summed E-state index contributed by atoms with van der Waals surface area (Å²) in [5.41, 5.74) is 0.361. The largest absolute Gasteiger partial charge is 0.493 e. The van der Waals surface area contributed by atoms with E-state index in [-0.39, 0.29) is 18.8 Å². The van der Waals surface area contributed by atoms with Gasteiger partial charge in [-0.2, -0.15) is 0 Å². The van der Waals surface area contributed by atoms with E-state index in [2.05, 4.69) is 15.9 Å². The van der Waals surface area contributed by atoms with E-state index in [1.54, 1.807) is 26.0 Å². The molecule has 0 atom stereocenters. The first-order chi connectivity index (χ1) is 11.0. The van der Waals surface area contributed by atoms with Crippen molar-refractivity contribution in [3.05, 3.63) is 27.7 Å². The molecule has 0 saturated heterocycles. The third kappa shape index (κ3) is 4.99. The highest BCUT2D eigenvalue weighted by Crippen LogP contribution is 2.34. The monoisotopic (exact) mass is 386 g/mol. The molecule has 1 rings (SSSR count). The van der Waals surface area contributed by atoms with Crippen LogP contribution in [0.5, 0.6) is 11.5 Å². The molecule has 0 aliphatic rings. The Labute approximate surface area is 143 Å². The summed E-state index contributed by atoms with van der Waals surface area (Å²) in [7, 11) is 3.01. The van der Waals surface area contributed by atoms with Gasteiger partial charge in [-0.3, -0.25) is 0 Å². The Morgan fingerprint density at radius 2 is 1.48 bits per heavy atom. The summed E-state index contributed by atoms with van der Waals surface area (Å²) in [4.78, 5) is 24.0. The molecular formula is C16H19BrO6. The molecule has 6 nitrogen and oxygen atoms in total. The highest BCUT2D eigenvalue weighted by atomic mass is 79.9. The van der Waals surface area contributed by atoms with Crippen molar-refractivity contribution in [2.45, 2.75) is 13.8 Å². The second-order valence-electron chi connectivity index (χ2n) is 4.23. The summed E-state index contributed by atoms with van der Waals surface area (Å²) in [5, 5.41) is 0. The Balaban J connectivity index is 3.35. The van der Waals surface area contributed by atoms with Crippen molar-refractivity contribution in [3.63, 3.8) is 0 Å². The van der Waals surface area contributed by atoms with E-state index in [9.17, 15) is 9.59 Å². The molecule has 0 spiro atoms. The van der Waals surface area contributed by atoms with Crippen LogP contribution in [0.15, 0.2) is 22.2 Å². The minimum absolute atomic E-state index is 0.155. The maximum Gasteiger partial charge on any atom is 0.345 e. The zero-order valence-corrected chi connectivity index (χ0v) is 15.1. The Bertz CT molecular complexity index is 589. The molecular weight excluding hydrogens is 368 g/mol. The van der Waals surface area contributed by atoms with Crippen molar-refractivity contribution >= 4 is 33.9 Å². The predicted octanol–water partition coefficient (Wildman–Crippen LogP) is 2.98. The van der Waals surface area contributed by atoms with Gasteiger partial charge >= 0.3 is 11.9 Å². The van der Waals surface area contributed by atoms with E-state index in [4.69, 9.17) is 18.9 Å². The van der Waals surface area contributed by atoms with Crippen LogP contribution in [0.25, 0.3) is 6.08 Å². The molecule has 23 heavy (non-hydrogen) atoms. The summed E-state index contributed by atoms with van der Waals surface area (Å²) < 4.78 is 20.8. The summed E-state index contributed by atoms with van der Waals surface area (Å²) in [5.74, 6) is -0.500. The van der Waals surface area contributed by atoms with Gasteiger partial charge in [0.25, 0.3) is 0 Å². The second kappa shape index (κ2) is 9.19. The third-order valence-electron chi connectivity index (χ3n) is 2.79. The summed E-state index contributed by atoms with van der Waals surface area (Å²) in [6.07, 6.45) is 1.39. The van der Waals surface area contributed by atoms with Gasteiger partial charge in [0.2, 0.25) is 0 Å². The van der Waals surface area contributed by atoms with Crippen LogP contribution < -0.4 is 9.47 Å². The fourth-order valence-electron chi connectivity index (χ4n) is 1.75. The second-order valence-corrected chi connectivity index (χ2v) is 5.08. The highest BCUT2D eigenvalue weighted by molar-refractivity contribution is 9.10. The average Bonchev–Trinajstić information content (AvgIpc) is 2.53. The van der Waals surface area contributed by atoms with Crippen molar-refractivity contribution in [2.24, 2.45) is 0 Å². The molecule has 0 aliphatic carbocycles. The topological polar surface area (TPSA) is 71.1 Å². The molecule has 0 amide bonds. The Morgan fingerprint density at radius 3 is 1.91 bits per heavy atom. The maximum atomic E-state index is 12.0. The number of halogens is 1. The lowest BCUT2D eigenvalue weighted by atomic mass is 10.1. The third-order valence-corrected chi connectivity index (χ3v) is 3.48. The average molecular weight is 387 g/mol. The number of benzene rings is 1. The molecule has 126 valence electrons. The van der Waals surface area contributed by atoms with Crippen molar-refractivity contribution in [3.8, 4) is 11.5 Å². The molecule has 0 aromatic heterocycles. The first kappa shape index (κ1) is 19.0. The van der Waals surface area contributed by atoms with E-state index in [0.29, 0.717) is 21.5 Å². The number of carbonyl (C=O) groups is 2. The quantitative estimate of drug-likeness (QED) is 0.310. The lowest BCUT2D eigenvalue weighted by Crippen LogP contribution is -2.18. The Kier molecular flexibility index (Phi) is 7.61. The fraction of sp³-hybridized carbons (Fsp3) is 0.375. The van der Waals surface area contributed by atoms with Gasteiger partial charge in [-0.25, -0.2) is 9.59 Å². The van der Waals surface area contributed by atoms with Gasteiger partial charge in [0, 0.05) is 4.47 Å². The van der Waals surface area contributed by atoms with Crippen LogP contribution in [0.2, 0.25) is 0 Å². The number of ether oxygens (including phenoxy) is 4. The minimum atomic E-state index is -0.743. The van der Waals surface area contributed by atoms with Crippen LogP contribution in [-0.4, -0.2) is 39.4 Å². The SMILES string of the molecule is CCOC(=O)C(=Cc1cc(OC)c(OC)cc1Br)C(=O)OCC. The van der Waals surface area contributed by atoms with Gasteiger partial charge in [0.05, 0.1) is 27.4 Å². The zero-order valence-electron chi connectivity index (χ0n) is 13.5. The molecule has 0 radical (unpaired) electrons. The van der Waals surface area contributed by atoms with Gasteiger partial charge in [0.15, 0.2) is 11.5 Å². The van der Waals surface area contributed by atoms with E-state index in [0.717, 1.165) is 0 Å². The number of esters is 2. The van der Waals surface area contributed by atoms with Crippen LogP contribution in [0.4, 0.5) is 0 Å². The maximum absolute atomic E-state index is 12.0. The van der Waals surface area contributed by atoms with Crippen LogP contribution in [0.1, 0.15) is 19.4 Å². The lowest BCUT2D eigenvalue weighted by Gasteiger charge is -2.11. The van der Waals surface area contributed by atoms with Crippen molar-refractivity contribution in [1.29, 1.82) is 0 Å². The van der Waals surface area contributed by atoms with Crippen molar-refractivity contribution in [1.82, 2.24) is 0 Å². The Hall–Kier alpha value is -2.02. The fourth-order valence-corrected chi connectivity index (χ4v) is 2.19. The van der Waals surface area contributed by atoms with Gasteiger partial charge in [0.1, 0.15) is 5.57 Å². The number of methoxy groups -OCH3 is 2. The van der Waals surface area contributed by atoms with Crippen molar-refractivity contribution in [2.75, 3.05) is 27.4 Å². The number of rotatable bonds is 7. The number of hydrogen-bond donors (Lipinski definition) is 0. The van der Waals surface area contributed by atoms with Gasteiger partial charge in [-0.1, -0.05) is 15.9 Å². The van der Waals surface area contributed by atoms with Gasteiger partial charge < -0.3 is 18.9 Å². The Morgan fingerprint density at radius 1 is 1.00 bits per heavy atom. The standard InChI is InChI=1S/C16H19BrO6/c1-5-22-15(18)11(16(19)23-6-2)7-10-8-13(20-3)14(21-4)9-12(10)17/h7-9H,5-6H2,1-4H3. The molecule has 0 aliphatic heterocycles. The molecule has 1 aromatic rings. The van der Waals surface area contributed by atoms with Crippen LogP contribution in [0, 0.1) is 0 Å².